The van der Waals surface area contributed by atoms with Crippen molar-refractivity contribution >= 4 is 62.0 Å². The largest absolute Gasteiger partial charge is 0.380 e. The van der Waals surface area contributed by atoms with E-state index in [9.17, 15) is 13.6 Å². The van der Waals surface area contributed by atoms with Crippen LogP contribution in [0.3, 0.4) is 0 Å². The van der Waals surface area contributed by atoms with Crippen molar-refractivity contribution in [1.29, 1.82) is 0 Å². The van der Waals surface area contributed by atoms with E-state index in [4.69, 9.17) is 27.9 Å². The Morgan fingerprint density at radius 3 is 2.69 bits per heavy atom. The highest BCUT2D eigenvalue weighted by Gasteiger charge is 2.17. The number of thiazole rings is 1. The summed E-state index contributed by atoms with van der Waals surface area (Å²) in [4.78, 5) is 16.7. The van der Waals surface area contributed by atoms with Gasteiger partial charge in [-0.25, -0.2) is 8.78 Å². The molecule has 2 heterocycles. The lowest BCUT2D eigenvalue weighted by Crippen LogP contribution is -2.20. The number of rotatable bonds is 5. The molecule has 138 valence electrons. The van der Waals surface area contributed by atoms with E-state index >= 15 is 0 Å². The van der Waals surface area contributed by atoms with Crippen molar-refractivity contribution in [3.63, 3.8) is 0 Å². The molecular formula is C16H12Cl2F2N2O2S2. The van der Waals surface area contributed by atoms with Crippen molar-refractivity contribution in [1.82, 2.24) is 4.57 Å². The predicted molar refractivity (Wildman–Crippen MR) is 100 cm³/mol. The molecule has 1 aromatic carbocycles. The molecule has 2 aromatic heterocycles. The number of ether oxygens (including phenoxy) is 1. The monoisotopic (exact) mass is 436 g/mol. The van der Waals surface area contributed by atoms with E-state index in [1.54, 1.807) is 0 Å². The second-order valence-electron chi connectivity index (χ2n) is 5.12. The van der Waals surface area contributed by atoms with Gasteiger partial charge in [-0.2, -0.15) is 4.99 Å². The molecule has 0 saturated heterocycles. The minimum absolute atomic E-state index is 0.169. The molecule has 0 radical (unpaired) electrons. The average molecular weight is 437 g/mol. The number of hydrogen-bond donors (Lipinski definition) is 0. The predicted octanol–water partition coefficient (Wildman–Crippen LogP) is 5.13. The van der Waals surface area contributed by atoms with E-state index in [0.717, 1.165) is 28.7 Å². The Kier molecular flexibility index (Phi) is 6.09. The fourth-order valence-corrected chi connectivity index (χ4v) is 4.90. The molecule has 26 heavy (non-hydrogen) atoms. The Hall–Kier alpha value is -1.32. The normalized spacial score (nSPS) is 12.3. The van der Waals surface area contributed by atoms with Crippen LogP contribution in [0.1, 0.15) is 17.3 Å². The van der Waals surface area contributed by atoms with E-state index in [1.165, 1.54) is 16.7 Å². The molecule has 0 aliphatic rings. The Morgan fingerprint density at radius 1 is 1.27 bits per heavy atom. The first kappa shape index (κ1) is 19.4. The van der Waals surface area contributed by atoms with E-state index in [-0.39, 0.29) is 26.8 Å². The maximum absolute atomic E-state index is 14.3. The molecule has 10 heteroatoms. The van der Waals surface area contributed by atoms with Gasteiger partial charge in [-0.15, -0.1) is 11.3 Å². The van der Waals surface area contributed by atoms with Crippen LogP contribution >= 0.6 is 45.9 Å². The van der Waals surface area contributed by atoms with Gasteiger partial charge in [-0.1, -0.05) is 34.5 Å². The fourth-order valence-electron chi connectivity index (χ4n) is 2.36. The molecule has 0 fully saturated rings. The van der Waals surface area contributed by atoms with Crippen LogP contribution in [-0.2, 0) is 11.3 Å². The van der Waals surface area contributed by atoms with Crippen LogP contribution in [0.15, 0.2) is 23.2 Å². The number of thiophene rings is 1. The maximum atomic E-state index is 14.3. The summed E-state index contributed by atoms with van der Waals surface area (Å²) in [6.45, 7) is 2.89. The summed E-state index contributed by atoms with van der Waals surface area (Å²) in [6, 6.07) is 3.43. The first-order valence-corrected chi connectivity index (χ1v) is 9.89. The molecule has 0 aliphatic carbocycles. The first-order valence-electron chi connectivity index (χ1n) is 7.50. The summed E-state index contributed by atoms with van der Waals surface area (Å²) in [5, 5.41) is 0. The fraction of sp³-hybridized carbons (Fsp3) is 0.250. The van der Waals surface area contributed by atoms with Crippen LogP contribution in [0.2, 0.25) is 8.67 Å². The van der Waals surface area contributed by atoms with Gasteiger partial charge < -0.3 is 9.30 Å². The number of aromatic nitrogens is 1. The molecule has 4 nitrogen and oxygen atoms in total. The second kappa shape index (κ2) is 8.14. The van der Waals surface area contributed by atoms with Gasteiger partial charge in [0, 0.05) is 19.2 Å². The number of nitrogens with zero attached hydrogens (tertiary/aromatic N) is 2. The third-order valence-electron chi connectivity index (χ3n) is 3.44. The first-order chi connectivity index (χ1) is 12.4. The van der Waals surface area contributed by atoms with Gasteiger partial charge >= 0.3 is 0 Å². The summed E-state index contributed by atoms with van der Waals surface area (Å²) >= 11 is 13.9. The summed E-state index contributed by atoms with van der Waals surface area (Å²) in [6.07, 6.45) is 0. The van der Waals surface area contributed by atoms with Gasteiger partial charge in [0.05, 0.1) is 26.7 Å². The van der Waals surface area contributed by atoms with E-state index < -0.39 is 17.5 Å². The quantitative estimate of drug-likeness (QED) is 0.520. The third kappa shape index (κ3) is 3.99. The van der Waals surface area contributed by atoms with Crippen molar-refractivity contribution in [2.45, 2.75) is 13.5 Å². The molecule has 1 amide bonds. The zero-order valence-corrected chi connectivity index (χ0v) is 16.5. The standard InChI is InChI=1S/C16H12Cl2F2N2O2S2/c1-2-24-4-3-22-13-10(20)5-8(19)6-11(13)25-16(22)21-15(23)9-7-12(17)26-14(9)18/h5-7H,2-4H2,1H3. The summed E-state index contributed by atoms with van der Waals surface area (Å²) in [7, 11) is 0. The molecule has 0 bridgehead atoms. The number of benzene rings is 1. The molecule has 0 aliphatic heterocycles. The Bertz CT molecular complexity index is 1040. The maximum Gasteiger partial charge on any atom is 0.282 e. The van der Waals surface area contributed by atoms with Crippen LogP contribution in [-0.4, -0.2) is 23.7 Å². The molecule has 0 unspecified atom stereocenters. The Labute approximate surface area is 165 Å². The summed E-state index contributed by atoms with van der Waals surface area (Å²) in [5.74, 6) is -2.02. The lowest BCUT2D eigenvalue weighted by atomic mass is 10.3. The van der Waals surface area contributed by atoms with Gasteiger partial charge in [0.2, 0.25) is 0 Å². The van der Waals surface area contributed by atoms with Crippen molar-refractivity contribution in [3.8, 4) is 0 Å². The summed E-state index contributed by atoms with van der Waals surface area (Å²) < 4.78 is 35.6. The van der Waals surface area contributed by atoms with Gasteiger partial charge in [0.1, 0.15) is 10.2 Å². The smallest absolute Gasteiger partial charge is 0.282 e. The highest BCUT2D eigenvalue weighted by molar-refractivity contribution is 7.20. The molecule has 3 rings (SSSR count). The van der Waals surface area contributed by atoms with Gasteiger partial charge in [0.25, 0.3) is 5.91 Å². The highest BCUT2D eigenvalue weighted by Crippen LogP contribution is 2.31. The zero-order valence-electron chi connectivity index (χ0n) is 13.4. The van der Waals surface area contributed by atoms with Crippen molar-refractivity contribution in [3.05, 3.63) is 48.9 Å². The minimum atomic E-state index is -0.724. The van der Waals surface area contributed by atoms with E-state index in [1.807, 2.05) is 6.92 Å². The number of halogens is 4. The van der Waals surface area contributed by atoms with Crippen molar-refractivity contribution in [2.24, 2.45) is 4.99 Å². The van der Waals surface area contributed by atoms with Gasteiger partial charge in [0.15, 0.2) is 10.6 Å². The minimum Gasteiger partial charge on any atom is -0.380 e. The average Bonchev–Trinajstić information content (AvgIpc) is 3.07. The Balaban J connectivity index is 2.14. The topological polar surface area (TPSA) is 43.6 Å². The molecule has 0 spiro atoms. The number of carbonyl (C=O) groups is 1. The molecule has 0 saturated carbocycles. The molecule has 0 N–H and O–H groups in total. The van der Waals surface area contributed by atoms with Crippen LogP contribution in [0.25, 0.3) is 10.2 Å². The van der Waals surface area contributed by atoms with E-state index in [0.29, 0.717) is 22.3 Å². The second-order valence-corrected chi connectivity index (χ2v) is 8.42. The summed E-state index contributed by atoms with van der Waals surface area (Å²) in [5.41, 5.74) is 0.347. The third-order valence-corrected chi connectivity index (χ3v) is 5.96. The van der Waals surface area contributed by atoms with Crippen molar-refractivity contribution in [2.75, 3.05) is 13.2 Å². The van der Waals surface area contributed by atoms with Crippen LogP contribution in [0.5, 0.6) is 0 Å². The number of carbonyl (C=O) groups excluding carboxylic acids is 1. The zero-order chi connectivity index (χ0) is 18.8. The molecule has 0 atom stereocenters. The number of amides is 1. The van der Waals surface area contributed by atoms with Gasteiger partial charge in [-0.05, 0) is 19.1 Å². The number of fused-ring (bicyclic) bond motifs is 1. The number of hydrogen-bond acceptors (Lipinski definition) is 4. The van der Waals surface area contributed by atoms with Gasteiger partial charge in [-0.3, -0.25) is 4.79 Å². The molecule has 3 aromatic rings. The molecular weight excluding hydrogens is 425 g/mol. The lowest BCUT2D eigenvalue weighted by Gasteiger charge is -2.06. The highest BCUT2D eigenvalue weighted by atomic mass is 35.5. The SMILES string of the molecule is CCOCCn1c(=NC(=O)c2cc(Cl)sc2Cl)sc2cc(F)cc(F)c21. The van der Waals surface area contributed by atoms with E-state index in [2.05, 4.69) is 4.99 Å². The Morgan fingerprint density at radius 2 is 2.04 bits per heavy atom. The van der Waals surface area contributed by atoms with Crippen molar-refractivity contribution < 1.29 is 18.3 Å². The lowest BCUT2D eigenvalue weighted by molar-refractivity contribution is 0.0997. The van der Waals surface area contributed by atoms with Crippen LogP contribution < -0.4 is 4.80 Å². The van der Waals surface area contributed by atoms with Crippen LogP contribution in [0.4, 0.5) is 8.78 Å². The van der Waals surface area contributed by atoms with Crippen LogP contribution in [0, 0.1) is 11.6 Å².